The number of amides is 1. The minimum atomic E-state index is 0.0374. The Morgan fingerprint density at radius 3 is 2.64 bits per heavy atom. The molecule has 4 rings (SSSR count). The molecule has 1 N–H and O–H groups in total. The van der Waals surface area contributed by atoms with E-state index in [-0.39, 0.29) is 11.8 Å². The molecule has 6 heteroatoms. The first-order valence-corrected chi connectivity index (χ1v) is 9.84. The van der Waals surface area contributed by atoms with Crippen LogP contribution in [0.5, 0.6) is 5.75 Å². The molecule has 1 aromatic carbocycles. The number of aromatic nitrogens is 2. The summed E-state index contributed by atoms with van der Waals surface area (Å²) in [7, 11) is 1.66. The van der Waals surface area contributed by atoms with Crippen molar-refractivity contribution >= 4 is 22.4 Å². The predicted molar refractivity (Wildman–Crippen MR) is 98.2 cm³/mol. The van der Waals surface area contributed by atoms with Crippen molar-refractivity contribution in [3.8, 4) is 5.75 Å². The Bertz CT molecular complexity index is 737. The fourth-order valence-corrected chi connectivity index (χ4v) is 4.62. The van der Waals surface area contributed by atoms with Gasteiger partial charge in [-0.2, -0.15) is 0 Å². The second-order valence-electron chi connectivity index (χ2n) is 6.99. The fourth-order valence-electron chi connectivity index (χ4n) is 3.70. The molecule has 2 aromatic rings. The summed E-state index contributed by atoms with van der Waals surface area (Å²) < 4.78 is 5.18. The summed E-state index contributed by atoms with van der Waals surface area (Å²) >= 11 is 1.54. The normalized spacial score (nSPS) is 23.2. The van der Waals surface area contributed by atoms with Crippen molar-refractivity contribution in [3.63, 3.8) is 0 Å². The molecule has 2 aliphatic carbocycles. The highest BCUT2D eigenvalue weighted by molar-refractivity contribution is 7.15. The topological polar surface area (TPSA) is 64.1 Å². The molecule has 2 fully saturated rings. The Balaban J connectivity index is 1.34. The molecule has 0 spiro atoms. The van der Waals surface area contributed by atoms with E-state index < -0.39 is 0 Å². The minimum Gasteiger partial charge on any atom is -0.497 e. The van der Waals surface area contributed by atoms with Crippen LogP contribution in [0.1, 0.15) is 60.9 Å². The first-order chi connectivity index (χ1) is 12.2. The summed E-state index contributed by atoms with van der Waals surface area (Å²) in [6.45, 7) is 0. The van der Waals surface area contributed by atoms with E-state index in [1.54, 1.807) is 18.4 Å². The Morgan fingerprint density at radius 2 is 1.92 bits per heavy atom. The lowest BCUT2D eigenvalue weighted by molar-refractivity contribution is -0.117. The zero-order valence-corrected chi connectivity index (χ0v) is 15.2. The number of hydrogen-bond donors (Lipinski definition) is 1. The summed E-state index contributed by atoms with van der Waals surface area (Å²) in [5.41, 5.74) is 1.20. The Kier molecular flexibility index (Phi) is 4.70. The summed E-state index contributed by atoms with van der Waals surface area (Å²) in [5.74, 6) is 1.78. The number of carbonyl (C=O) groups excluding carboxylic acids is 1. The van der Waals surface area contributed by atoms with E-state index in [1.807, 2.05) is 24.3 Å². The molecule has 2 atom stereocenters. The average Bonchev–Trinajstić information content (AvgIpc) is 3.34. The molecular formula is C19H23N3O2S. The number of ether oxygens (including phenoxy) is 1. The molecule has 1 amide bonds. The van der Waals surface area contributed by atoms with Gasteiger partial charge in [-0.1, -0.05) is 42.7 Å². The summed E-state index contributed by atoms with van der Waals surface area (Å²) in [5, 5.41) is 13.2. The Morgan fingerprint density at radius 1 is 1.16 bits per heavy atom. The van der Waals surface area contributed by atoms with E-state index in [1.165, 1.54) is 37.7 Å². The van der Waals surface area contributed by atoms with Gasteiger partial charge in [0.2, 0.25) is 11.0 Å². The van der Waals surface area contributed by atoms with E-state index in [0.717, 1.165) is 17.2 Å². The van der Waals surface area contributed by atoms with Gasteiger partial charge in [-0.05, 0) is 42.9 Å². The number of anilines is 1. The molecule has 0 radical (unpaired) electrons. The van der Waals surface area contributed by atoms with Crippen molar-refractivity contribution in [3.05, 3.63) is 34.8 Å². The maximum Gasteiger partial charge on any atom is 0.229 e. The molecule has 1 aromatic heterocycles. The largest absolute Gasteiger partial charge is 0.497 e. The third kappa shape index (κ3) is 3.68. The van der Waals surface area contributed by atoms with E-state index in [9.17, 15) is 4.79 Å². The van der Waals surface area contributed by atoms with Crippen LogP contribution in [-0.2, 0) is 4.79 Å². The summed E-state index contributed by atoms with van der Waals surface area (Å²) in [4.78, 5) is 12.5. The minimum absolute atomic E-state index is 0.0374. The van der Waals surface area contributed by atoms with Crippen molar-refractivity contribution in [2.75, 3.05) is 12.4 Å². The van der Waals surface area contributed by atoms with Gasteiger partial charge < -0.3 is 10.1 Å². The quantitative estimate of drug-likeness (QED) is 0.865. The lowest BCUT2D eigenvalue weighted by Gasteiger charge is -2.18. The van der Waals surface area contributed by atoms with Gasteiger partial charge in [-0.15, -0.1) is 10.2 Å². The SMILES string of the molecule is COc1ccc(C2CC2C(=O)Nc2nnc(C3CCCCC3)s2)cc1. The van der Waals surface area contributed by atoms with Crippen LogP contribution in [0.15, 0.2) is 24.3 Å². The van der Waals surface area contributed by atoms with Gasteiger partial charge in [0.25, 0.3) is 0 Å². The van der Waals surface area contributed by atoms with Gasteiger partial charge in [0, 0.05) is 11.8 Å². The van der Waals surface area contributed by atoms with Crippen LogP contribution in [0.25, 0.3) is 0 Å². The summed E-state index contributed by atoms with van der Waals surface area (Å²) in [6, 6.07) is 7.99. The van der Waals surface area contributed by atoms with Crippen molar-refractivity contribution in [2.45, 2.75) is 50.4 Å². The van der Waals surface area contributed by atoms with Crippen LogP contribution in [0.4, 0.5) is 5.13 Å². The Labute approximate surface area is 151 Å². The number of benzene rings is 1. The van der Waals surface area contributed by atoms with Crippen molar-refractivity contribution in [1.82, 2.24) is 10.2 Å². The standard InChI is InChI=1S/C19H23N3O2S/c1-24-14-9-7-12(8-10-14)15-11-16(15)17(23)20-19-22-21-18(25-19)13-5-3-2-4-6-13/h7-10,13,15-16H,2-6,11H2,1H3,(H,20,22,23). The summed E-state index contributed by atoms with van der Waals surface area (Å²) in [6.07, 6.45) is 7.17. The van der Waals surface area contributed by atoms with E-state index in [4.69, 9.17) is 4.74 Å². The molecule has 2 saturated carbocycles. The molecular weight excluding hydrogens is 334 g/mol. The molecule has 1 heterocycles. The lowest BCUT2D eigenvalue weighted by Crippen LogP contribution is -2.14. The van der Waals surface area contributed by atoms with E-state index in [2.05, 4.69) is 15.5 Å². The number of methoxy groups -OCH3 is 1. The van der Waals surface area contributed by atoms with Crippen molar-refractivity contribution in [2.24, 2.45) is 5.92 Å². The number of nitrogens with one attached hydrogen (secondary N) is 1. The van der Waals surface area contributed by atoms with E-state index in [0.29, 0.717) is 17.0 Å². The molecule has 0 saturated heterocycles. The third-order valence-corrected chi connectivity index (χ3v) is 6.30. The second kappa shape index (κ2) is 7.12. The monoisotopic (exact) mass is 357 g/mol. The molecule has 132 valence electrons. The number of nitrogens with zero attached hydrogens (tertiary/aromatic N) is 2. The van der Waals surface area contributed by atoms with Gasteiger partial charge in [0.1, 0.15) is 10.8 Å². The molecule has 0 aliphatic heterocycles. The van der Waals surface area contributed by atoms with Gasteiger partial charge in [0.05, 0.1) is 7.11 Å². The number of rotatable bonds is 5. The zero-order chi connectivity index (χ0) is 17.2. The molecule has 2 aliphatic rings. The smallest absolute Gasteiger partial charge is 0.229 e. The molecule has 0 bridgehead atoms. The van der Waals surface area contributed by atoms with Crippen LogP contribution in [0, 0.1) is 5.92 Å². The van der Waals surface area contributed by atoms with Crippen LogP contribution >= 0.6 is 11.3 Å². The maximum absolute atomic E-state index is 12.5. The van der Waals surface area contributed by atoms with Gasteiger partial charge in [-0.25, -0.2) is 0 Å². The zero-order valence-electron chi connectivity index (χ0n) is 14.4. The van der Waals surface area contributed by atoms with Crippen LogP contribution in [0.2, 0.25) is 0 Å². The van der Waals surface area contributed by atoms with Crippen LogP contribution in [-0.4, -0.2) is 23.2 Å². The first-order valence-electron chi connectivity index (χ1n) is 9.03. The highest BCUT2D eigenvalue weighted by atomic mass is 32.1. The highest BCUT2D eigenvalue weighted by Gasteiger charge is 2.44. The van der Waals surface area contributed by atoms with Gasteiger partial charge in [0.15, 0.2) is 0 Å². The second-order valence-corrected chi connectivity index (χ2v) is 8.00. The molecule has 25 heavy (non-hydrogen) atoms. The van der Waals surface area contributed by atoms with E-state index >= 15 is 0 Å². The average molecular weight is 357 g/mol. The fraction of sp³-hybridized carbons (Fsp3) is 0.526. The predicted octanol–water partition coefficient (Wildman–Crippen LogP) is 4.34. The molecule has 2 unspecified atom stereocenters. The van der Waals surface area contributed by atoms with Crippen LogP contribution < -0.4 is 10.1 Å². The number of hydrogen-bond acceptors (Lipinski definition) is 5. The number of carbonyl (C=O) groups is 1. The maximum atomic E-state index is 12.5. The lowest BCUT2D eigenvalue weighted by atomic mass is 9.90. The van der Waals surface area contributed by atoms with Gasteiger partial charge >= 0.3 is 0 Å². The molecule has 5 nitrogen and oxygen atoms in total. The van der Waals surface area contributed by atoms with Crippen molar-refractivity contribution in [1.29, 1.82) is 0 Å². The van der Waals surface area contributed by atoms with Crippen molar-refractivity contribution < 1.29 is 9.53 Å². The third-order valence-electron chi connectivity index (χ3n) is 5.30. The Hall–Kier alpha value is -1.95. The van der Waals surface area contributed by atoms with Gasteiger partial charge in [-0.3, -0.25) is 4.79 Å². The first kappa shape index (κ1) is 16.5. The van der Waals surface area contributed by atoms with Crippen LogP contribution in [0.3, 0.4) is 0 Å². The highest BCUT2D eigenvalue weighted by Crippen LogP contribution is 2.48.